The van der Waals surface area contributed by atoms with Crippen LogP contribution in [-0.2, 0) is 22.2 Å². The topological polar surface area (TPSA) is 58.2 Å². The maximum atomic E-state index is 12.4. The Morgan fingerprint density at radius 1 is 1.12 bits per heavy atom. The van der Waals surface area contributed by atoms with Crippen LogP contribution in [0.25, 0.3) is 0 Å². The second-order valence-corrected chi connectivity index (χ2v) is 7.80. The third kappa shape index (κ3) is 4.57. The summed E-state index contributed by atoms with van der Waals surface area (Å²) in [5.41, 5.74) is 4.34. The molecule has 3 rings (SSSR count). The normalized spacial score (nSPS) is 17.0. The number of halogens is 1. The lowest BCUT2D eigenvalue weighted by atomic mass is 9.95. The summed E-state index contributed by atoms with van der Waals surface area (Å²) in [7, 11) is -3.35. The zero-order chi connectivity index (χ0) is 16.3. The van der Waals surface area contributed by atoms with E-state index < -0.39 is 10.0 Å². The quantitative estimate of drug-likeness (QED) is 0.855. The molecule has 2 aromatic carbocycles. The summed E-state index contributed by atoms with van der Waals surface area (Å²) in [6.45, 7) is 3.19. The number of nitrogens with one attached hydrogen (secondary N) is 2. The number of aryl methyl sites for hydroxylation is 1. The maximum Gasteiger partial charge on any atom is 0.215 e. The minimum Gasteiger partial charge on any atom is -0.308 e. The van der Waals surface area contributed by atoms with Gasteiger partial charge < -0.3 is 5.32 Å². The van der Waals surface area contributed by atoms with E-state index in [9.17, 15) is 8.42 Å². The van der Waals surface area contributed by atoms with Crippen LogP contribution in [0.2, 0.25) is 0 Å². The largest absolute Gasteiger partial charge is 0.308 e. The Morgan fingerprint density at radius 2 is 1.83 bits per heavy atom. The number of hydrogen-bond acceptors (Lipinski definition) is 3. The first-order chi connectivity index (χ1) is 11.1. The van der Waals surface area contributed by atoms with Crippen LogP contribution in [-0.4, -0.2) is 21.5 Å². The summed E-state index contributed by atoms with van der Waals surface area (Å²) in [6.07, 6.45) is 0.989. The number of hydrogen-bond donors (Lipinski definition) is 2. The number of rotatable bonds is 5. The molecule has 2 N–H and O–H groups in total. The Hall–Kier alpha value is -1.40. The highest BCUT2D eigenvalue weighted by Crippen LogP contribution is 2.22. The lowest BCUT2D eigenvalue weighted by Gasteiger charge is -2.27. The highest BCUT2D eigenvalue weighted by Gasteiger charge is 2.21. The molecule has 1 unspecified atom stereocenters. The fraction of sp³-hybridized carbons (Fsp3) is 0.333. The highest BCUT2D eigenvalue weighted by atomic mass is 35.5. The van der Waals surface area contributed by atoms with Crippen LogP contribution in [0.3, 0.4) is 0 Å². The third-order valence-electron chi connectivity index (χ3n) is 4.33. The molecule has 0 saturated heterocycles. The van der Waals surface area contributed by atoms with E-state index in [1.807, 2.05) is 43.3 Å². The number of benzene rings is 2. The molecule has 1 aliphatic heterocycles. The van der Waals surface area contributed by atoms with Crippen molar-refractivity contribution in [2.75, 3.05) is 13.1 Å². The molecule has 1 aliphatic rings. The molecule has 0 bridgehead atoms. The molecule has 4 nitrogen and oxygen atoms in total. The average molecular weight is 367 g/mol. The first-order valence-corrected chi connectivity index (χ1v) is 9.53. The SMILES string of the molecule is Cc1ccccc1CS(=O)(=O)NCC1NCCc2ccccc21.Cl. The fourth-order valence-electron chi connectivity index (χ4n) is 3.01. The molecule has 0 aliphatic carbocycles. The van der Waals surface area contributed by atoms with Crippen molar-refractivity contribution in [2.24, 2.45) is 0 Å². The number of sulfonamides is 1. The summed E-state index contributed by atoms with van der Waals surface area (Å²) in [5, 5.41) is 3.40. The Kier molecular flexibility index (Phi) is 6.40. The van der Waals surface area contributed by atoms with E-state index in [2.05, 4.69) is 22.2 Å². The van der Waals surface area contributed by atoms with Crippen LogP contribution in [0, 0.1) is 6.92 Å². The van der Waals surface area contributed by atoms with Crippen LogP contribution in [0.5, 0.6) is 0 Å². The van der Waals surface area contributed by atoms with E-state index in [0.29, 0.717) is 6.54 Å². The van der Waals surface area contributed by atoms with Gasteiger partial charge in [0.15, 0.2) is 0 Å². The molecular formula is C18H23ClN2O2S. The minimum atomic E-state index is -3.35. The Balaban J connectivity index is 0.00000208. The van der Waals surface area contributed by atoms with Crippen molar-refractivity contribution in [1.29, 1.82) is 0 Å². The fourth-order valence-corrected chi connectivity index (χ4v) is 4.27. The van der Waals surface area contributed by atoms with Gasteiger partial charge in [0.05, 0.1) is 5.75 Å². The van der Waals surface area contributed by atoms with Crippen molar-refractivity contribution in [1.82, 2.24) is 10.0 Å². The van der Waals surface area contributed by atoms with Gasteiger partial charge in [-0.1, -0.05) is 48.5 Å². The van der Waals surface area contributed by atoms with Crippen LogP contribution < -0.4 is 10.0 Å². The monoisotopic (exact) mass is 366 g/mol. The predicted molar refractivity (Wildman–Crippen MR) is 99.9 cm³/mol. The Bertz CT molecular complexity index is 793. The van der Waals surface area contributed by atoms with Gasteiger partial charge in [-0.2, -0.15) is 0 Å². The zero-order valence-corrected chi connectivity index (χ0v) is 15.3. The van der Waals surface area contributed by atoms with Gasteiger partial charge in [-0.05, 0) is 42.1 Å². The van der Waals surface area contributed by atoms with E-state index in [4.69, 9.17) is 0 Å². The molecule has 2 aromatic rings. The summed E-state index contributed by atoms with van der Waals surface area (Å²) >= 11 is 0. The summed E-state index contributed by atoms with van der Waals surface area (Å²) < 4.78 is 27.5. The maximum absolute atomic E-state index is 12.4. The third-order valence-corrected chi connectivity index (χ3v) is 5.63. The van der Waals surface area contributed by atoms with Crippen LogP contribution in [0.1, 0.15) is 28.3 Å². The smallest absolute Gasteiger partial charge is 0.215 e. The van der Waals surface area contributed by atoms with Gasteiger partial charge in [-0.3, -0.25) is 0 Å². The van der Waals surface area contributed by atoms with Crippen molar-refractivity contribution >= 4 is 22.4 Å². The predicted octanol–water partition coefficient (Wildman–Crippen LogP) is 2.72. The van der Waals surface area contributed by atoms with Crippen molar-refractivity contribution in [3.05, 3.63) is 70.8 Å². The molecule has 0 radical (unpaired) electrons. The van der Waals surface area contributed by atoms with E-state index in [1.165, 1.54) is 11.1 Å². The van der Waals surface area contributed by atoms with Gasteiger partial charge in [0.1, 0.15) is 0 Å². The van der Waals surface area contributed by atoms with Gasteiger partial charge >= 0.3 is 0 Å². The van der Waals surface area contributed by atoms with Gasteiger partial charge in [-0.15, -0.1) is 12.4 Å². The molecular weight excluding hydrogens is 344 g/mol. The molecule has 1 atom stereocenters. The van der Waals surface area contributed by atoms with Crippen molar-refractivity contribution in [3.8, 4) is 0 Å². The van der Waals surface area contributed by atoms with E-state index >= 15 is 0 Å². The van der Waals surface area contributed by atoms with Crippen LogP contribution in [0.4, 0.5) is 0 Å². The molecule has 0 amide bonds. The summed E-state index contributed by atoms with van der Waals surface area (Å²) in [6, 6.07) is 15.8. The molecule has 130 valence electrons. The molecule has 0 aromatic heterocycles. The Labute approximate surface area is 150 Å². The van der Waals surface area contributed by atoms with E-state index in [1.54, 1.807) is 0 Å². The summed E-state index contributed by atoms with van der Waals surface area (Å²) in [4.78, 5) is 0. The van der Waals surface area contributed by atoms with Crippen LogP contribution in [0.15, 0.2) is 48.5 Å². The highest BCUT2D eigenvalue weighted by molar-refractivity contribution is 7.88. The molecule has 0 fully saturated rings. The minimum absolute atomic E-state index is 0. The van der Waals surface area contributed by atoms with Crippen molar-refractivity contribution in [2.45, 2.75) is 25.1 Å². The standard InChI is InChI=1S/C18H22N2O2S.ClH/c1-14-6-2-3-8-16(14)13-23(21,22)20-12-18-17-9-5-4-7-15(17)10-11-19-18;/h2-9,18-20H,10-13H2,1H3;1H. The van der Waals surface area contributed by atoms with Gasteiger partial charge in [0, 0.05) is 12.6 Å². The molecule has 0 spiro atoms. The van der Waals surface area contributed by atoms with E-state index in [0.717, 1.165) is 24.1 Å². The Morgan fingerprint density at radius 3 is 2.62 bits per heavy atom. The molecule has 1 heterocycles. The molecule has 6 heteroatoms. The average Bonchev–Trinajstić information content (AvgIpc) is 2.55. The summed E-state index contributed by atoms with van der Waals surface area (Å²) in [5.74, 6) is 0.0219. The lowest BCUT2D eigenvalue weighted by molar-refractivity contribution is 0.491. The lowest BCUT2D eigenvalue weighted by Crippen LogP contribution is -2.39. The first kappa shape index (κ1) is 18.9. The number of fused-ring (bicyclic) bond motifs is 1. The second-order valence-electron chi connectivity index (χ2n) is 5.99. The van der Waals surface area contributed by atoms with E-state index in [-0.39, 0.29) is 24.2 Å². The van der Waals surface area contributed by atoms with Gasteiger partial charge in [0.2, 0.25) is 10.0 Å². The van der Waals surface area contributed by atoms with Crippen LogP contribution >= 0.6 is 12.4 Å². The van der Waals surface area contributed by atoms with Crippen molar-refractivity contribution in [3.63, 3.8) is 0 Å². The second kappa shape index (κ2) is 8.12. The first-order valence-electron chi connectivity index (χ1n) is 7.88. The van der Waals surface area contributed by atoms with Gasteiger partial charge in [-0.25, -0.2) is 13.1 Å². The van der Waals surface area contributed by atoms with Crippen molar-refractivity contribution < 1.29 is 8.42 Å². The van der Waals surface area contributed by atoms with Gasteiger partial charge in [0.25, 0.3) is 0 Å². The molecule has 24 heavy (non-hydrogen) atoms. The molecule has 0 saturated carbocycles. The zero-order valence-electron chi connectivity index (χ0n) is 13.7.